The molecule has 1 aromatic rings. The summed E-state index contributed by atoms with van der Waals surface area (Å²) in [6.07, 6.45) is 0. The van der Waals surface area contributed by atoms with Crippen LogP contribution in [0.4, 0.5) is 0 Å². The molecular weight excluding hydrogens is 237 g/mol. The number of hydrogen-bond donors (Lipinski definition) is 2. The number of amides is 1. The monoisotopic (exact) mass is 247 g/mol. The zero-order chi connectivity index (χ0) is 11.6. The predicted molar refractivity (Wildman–Crippen MR) is 60.7 cm³/mol. The molecule has 0 aliphatic carbocycles. The summed E-state index contributed by atoms with van der Waals surface area (Å²) in [6.45, 7) is 3.70. The molecule has 0 unspecified atom stereocenters. The molecule has 0 atom stereocenters. The van der Waals surface area contributed by atoms with E-state index in [2.05, 4.69) is 5.32 Å². The number of carbonyl (C=O) groups is 1. The predicted octanol–water partition coefficient (Wildman–Crippen LogP) is 2.84. The van der Waals surface area contributed by atoms with Gasteiger partial charge in [0.05, 0.1) is 10.0 Å². The third-order valence-corrected chi connectivity index (χ3v) is 2.28. The summed E-state index contributed by atoms with van der Waals surface area (Å²) in [5.41, 5.74) is 0.330. The molecule has 0 aliphatic heterocycles. The van der Waals surface area contributed by atoms with Gasteiger partial charge in [0.15, 0.2) is 5.75 Å². The Hall–Kier alpha value is -0.930. The van der Waals surface area contributed by atoms with Gasteiger partial charge in [-0.2, -0.15) is 0 Å². The van der Waals surface area contributed by atoms with Gasteiger partial charge in [-0.25, -0.2) is 0 Å². The second kappa shape index (κ2) is 4.73. The fourth-order valence-electron chi connectivity index (χ4n) is 1.04. The molecule has 1 amide bonds. The Morgan fingerprint density at radius 2 is 1.80 bits per heavy atom. The van der Waals surface area contributed by atoms with Crippen molar-refractivity contribution in [3.63, 3.8) is 0 Å². The number of phenolic OH excluding ortho intramolecular Hbond substituents is 1. The molecule has 0 bridgehead atoms. The standard InChI is InChI=1S/C10H11Cl2NO2/c1-5(2)13-10(15)6-3-7(11)9(14)8(12)4-6/h3-5,14H,1-2H3,(H,13,15). The molecule has 3 nitrogen and oxygen atoms in total. The normalized spacial score (nSPS) is 10.5. The lowest BCUT2D eigenvalue weighted by Gasteiger charge is -2.09. The van der Waals surface area contributed by atoms with Crippen LogP contribution in [-0.4, -0.2) is 17.1 Å². The largest absolute Gasteiger partial charge is 0.505 e. The molecule has 15 heavy (non-hydrogen) atoms. The highest BCUT2D eigenvalue weighted by Gasteiger charge is 2.12. The first-order valence-electron chi connectivity index (χ1n) is 4.40. The number of halogens is 2. The van der Waals surface area contributed by atoms with Crippen molar-refractivity contribution >= 4 is 29.1 Å². The summed E-state index contributed by atoms with van der Waals surface area (Å²) >= 11 is 11.4. The minimum Gasteiger partial charge on any atom is -0.505 e. The van der Waals surface area contributed by atoms with Crippen LogP contribution in [0, 0.1) is 0 Å². The summed E-state index contributed by atoms with van der Waals surface area (Å²) in [5.74, 6) is -0.478. The van der Waals surface area contributed by atoms with Gasteiger partial charge in [-0.1, -0.05) is 23.2 Å². The zero-order valence-electron chi connectivity index (χ0n) is 8.34. The van der Waals surface area contributed by atoms with E-state index in [4.69, 9.17) is 23.2 Å². The number of carbonyl (C=O) groups excluding carboxylic acids is 1. The van der Waals surface area contributed by atoms with Crippen molar-refractivity contribution in [2.75, 3.05) is 0 Å². The SMILES string of the molecule is CC(C)NC(=O)c1cc(Cl)c(O)c(Cl)c1. The van der Waals surface area contributed by atoms with Gasteiger partial charge in [0.25, 0.3) is 5.91 Å². The maximum Gasteiger partial charge on any atom is 0.251 e. The second-order valence-electron chi connectivity index (χ2n) is 3.42. The number of nitrogens with one attached hydrogen (secondary N) is 1. The summed E-state index contributed by atoms with van der Waals surface area (Å²) in [7, 11) is 0. The van der Waals surface area contributed by atoms with Crippen molar-refractivity contribution in [1.82, 2.24) is 5.32 Å². The molecule has 1 rings (SSSR count). The number of rotatable bonds is 2. The Balaban J connectivity index is 3.01. The van der Waals surface area contributed by atoms with Crippen molar-refractivity contribution in [1.29, 1.82) is 0 Å². The van der Waals surface area contributed by atoms with E-state index >= 15 is 0 Å². The van der Waals surface area contributed by atoms with E-state index in [-0.39, 0.29) is 27.7 Å². The summed E-state index contributed by atoms with van der Waals surface area (Å²) < 4.78 is 0. The molecular formula is C10H11Cl2NO2. The van der Waals surface area contributed by atoms with Crippen LogP contribution in [-0.2, 0) is 0 Å². The molecule has 0 fully saturated rings. The first-order chi connectivity index (χ1) is 6.91. The van der Waals surface area contributed by atoms with E-state index in [9.17, 15) is 9.90 Å². The average molecular weight is 248 g/mol. The van der Waals surface area contributed by atoms with Gasteiger partial charge < -0.3 is 10.4 Å². The zero-order valence-corrected chi connectivity index (χ0v) is 9.86. The number of phenols is 1. The molecule has 0 saturated heterocycles. The quantitative estimate of drug-likeness (QED) is 0.845. The Morgan fingerprint density at radius 1 is 1.33 bits per heavy atom. The number of aromatic hydroxyl groups is 1. The topological polar surface area (TPSA) is 49.3 Å². The molecule has 0 heterocycles. The summed E-state index contributed by atoms with van der Waals surface area (Å²) in [5, 5.41) is 12.1. The Labute approximate surface area is 98.0 Å². The van der Waals surface area contributed by atoms with Crippen LogP contribution in [0.1, 0.15) is 24.2 Å². The van der Waals surface area contributed by atoms with E-state index < -0.39 is 0 Å². The second-order valence-corrected chi connectivity index (χ2v) is 4.23. The molecule has 0 radical (unpaired) electrons. The van der Waals surface area contributed by atoms with E-state index in [1.165, 1.54) is 12.1 Å². The van der Waals surface area contributed by atoms with E-state index in [1.807, 2.05) is 13.8 Å². The van der Waals surface area contributed by atoms with Gasteiger partial charge >= 0.3 is 0 Å². The highest BCUT2D eigenvalue weighted by molar-refractivity contribution is 6.37. The molecule has 0 aliphatic rings. The number of hydrogen-bond acceptors (Lipinski definition) is 2. The van der Waals surface area contributed by atoms with E-state index in [0.29, 0.717) is 5.56 Å². The summed E-state index contributed by atoms with van der Waals surface area (Å²) in [6, 6.07) is 2.78. The Morgan fingerprint density at radius 3 is 2.20 bits per heavy atom. The third kappa shape index (κ3) is 3.01. The summed E-state index contributed by atoms with van der Waals surface area (Å²) in [4.78, 5) is 11.6. The molecule has 0 saturated carbocycles. The van der Waals surface area contributed by atoms with Gasteiger partial charge in [0, 0.05) is 11.6 Å². The van der Waals surface area contributed by atoms with Crippen molar-refractivity contribution in [2.45, 2.75) is 19.9 Å². The van der Waals surface area contributed by atoms with Crippen molar-refractivity contribution in [3.8, 4) is 5.75 Å². The van der Waals surface area contributed by atoms with E-state index in [0.717, 1.165) is 0 Å². The van der Waals surface area contributed by atoms with Crippen LogP contribution in [0.25, 0.3) is 0 Å². The van der Waals surface area contributed by atoms with Crippen molar-refractivity contribution in [2.24, 2.45) is 0 Å². The maximum atomic E-state index is 11.6. The first-order valence-corrected chi connectivity index (χ1v) is 5.16. The molecule has 1 aromatic carbocycles. The van der Waals surface area contributed by atoms with Crippen LogP contribution in [0.15, 0.2) is 12.1 Å². The smallest absolute Gasteiger partial charge is 0.251 e. The maximum absolute atomic E-state index is 11.6. The van der Waals surface area contributed by atoms with Gasteiger partial charge in [0.2, 0.25) is 0 Å². The van der Waals surface area contributed by atoms with E-state index in [1.54, 1.807) is 0 Å². The minimum absolute atomic E-state index is 0.0313. The minimum atomic E-state index is -0.270. The lowest BCUT2D eigenvalue weighted by molar-refractivity contribution is 0.0943. The van der Waals surface area contributed by atoms with Crippen LogP contribution in [0.2, 0.25) is 10.0 Å². The van der Waals surface area contributed by atoms with Crippen LogP contribution >= 0.6 is 23.2 Å². The Kier molecular flexibility index (Phi) is 3.83. The van der Waals surface area contributed by atoms with Gasteiger partial charge in [-0.15, -0.1) is 0 Å². The van der Waals surface area contributed by atoms with Crippen LogP contribution in [0.3, 0.4) is 0 Å². The molecule has 0 aromatic heterocycles. The third-order valence-electron chi connectivity index (χ3n) is 1.70. The fourth-order valence-corrected chi connectivity index (χ4v) is 1.53. The highest BCUT2D eigenvalue weighted by atomic mass is 35.5. The van der Waals surface area contributed by atoms with Gasteiger partial charge in [-0.05, 0) is 26.0 Å². The van der Waals surface area contributed by atoms with Crippen LogP contribution in [0.5, 0.6) is 5.75 Å². The van der Waals surface area contributed by atoms with Crippen LogP contribution < -0.4 is 5.32 Å². The lowest BCUT2D eigenvalue weighted by Crippen LogP contribution is -2.30. The van der Waals surface area contributed by atoms with Crippen molar-refractivity contribution < 1.29 is 9.90 Å². The van der Waals surface area contributed by atoms with Gasteiger partial charge in [0.1, 0.15) is 0 Å². The molecule has 0 spiro atoms. The average Bonchev–Trinajstić information content (AvgIpc) is 2.12. The highest BCUT2D eigenvalue weighted by Crippen LogP contribution is 2.32. The lowest BCUT2D eigenvalue weighted by atomic mass is 10.2. The molecule has 5 heteroatoms. The first kappa shape index (κ1) is 12.1. The van der Waals surface area contributed by atoms with Gasteiger partial charge in [-0.3, -0.25) is 4.79 Å². The fraction of sp³-hybridized carbons (Fsp3) is 0.300. The number of benzene rings is 1. The molecule has 2 N–H and O–H groups in total. The Bertz CT molecular complexity index is 368. The van der Waals surface area contributed by atoms with Crippen molar-refractivity contribution in [3.05, 3.63) is 27.7 Å². The molecule has 82 valence electrons.